The predicted octanol–water partition coefficient (Wildman–Crippen LogP) is 14.3. The molecule has 16 aliphatic carbocycles. The van der Waals surface area contributed by atoms with Crippen LogP contribution in [0.1, 0.15) is 225 Å². The Kier molecular flexibility index (Phi) is 21.5. The van der Waals surface area contributed by atoms with Crippen LogP contribution in [-0.2, 0) is 45.2 Å². The van der Waals surface area contributed by atoms with E-state index in [1.165, 1.54) is 0 Å². The second kappa shape index (κ2) is 32.3. The zero-order valence-corrected chi connectivity index (χ0v) is 72.9. The third-order valence-corrected chi connectivity index (χ3v) is 35.1. The molecule has 20 fully saturated rings. The summed E-state index contributed by atoms with van der Waals surface area (Å²) in [6, 6.07) is 16.1. The molecule has 5 aliphatic heterocycles. The molecule has 6 aromatic rings. The van der Waals surface area contributed by atoms with Gasteiger partial charge >= 0.3 is 24.4 Å². The van der Waals surface area contributed by atoms with E-state index >= 15 is 0 Å². The molecular formula is C94H117N15O13S2. The van der Waals surface area contributed by atoms with Crippen molar-refractivity contribution in [3.63, 3.8) is 0 Å². The fourth-order valence-corrected chi connectivity index (χ4v) is 30.1. The number of rotatable bonds is 14. The van der Waals surface area contributed by atoms with Gasteiger partial charge in [-0.2, -0.15) is 0 Å². The van der Waals surface area contributed by atoms with Crippen molar-refractivity contribution >= 4 is 97.5 Å². The number of likely N-dealkylation sites (tertiary alicyclic amines) is 4. The number of hydrogen-bond donors (Lipinski definition) is 4. The first-order valence-corrected chi connectivity index (χ1v) is 47.4. The number of amides is 8. The molecule has 28 nitrogen and oxygen atoms in total. The van der Waals surface area contributed by atoms with Gasteiger partial charge in [0.15, 0.2) is 5.75 Å². The van der Waals surface area contributed by atoms with Crippen LogP contribution >= 0.6 is 22.7 Å². The molecule has 8 amide bonds. The van der Waals surface area contributed by atoms with Gasteiger partial charge in [-0.1, -0.05) is 30.8 Å². The van der Waals surface area contributed by atoms with Crippen LogP contribution in [0.15, 0.2) is 96.9 Å². The van der Waals surface area contributed by atoms with Gasteiger partial charge < -0.3 is 61.0 Å². The molecule has 4 saturated heterocycles. The van der Waals surface area contributed by atoms with Crippen LogP contribution in [-0.4, -0.2) is 173 Å². The minimum absolute atomic E-state index is 0.00342. The zero-order chi connectivity index (χ0) is 85.6. The molecule has 27 rings (SSSR count). The van der Waals surface area contributed by atoms with E-state index in [0.717, 1.165) is 240 Å². The van der Waals surface area contributed by atoms with Crippen LogP contribution in [0.3, 0.4) is 0 Å². The molecule has 0 radical (unpaired) electrons. The summed E-state index contributed by atoms with van der Waals surface area (Å²) in [4.78, 5) is 134. The van der Waals surface area contributed by atoms with Crippen molar-refractivity contribution in [3.8, 4) is 5.75 Å². The van der Waals surface area contributed by atoms with Crippen LogP contribution in [0.5, 0.6) is 5.75 Å². The normalized spacial score (nSPS) is 36.8. The largest absolute Gasteiger partial charge is 0.494 e. The highest BCUT2D eigenvalue weighted by Gasteiger charge is 2.64. The van der Waals surface area contributed by atoms with Gasteiger partial charge in [0, 0.05) is 75.6 Å². The minimum Gasteiger partial charge on any atom is -0.494 e. The number of thiazole rings is 2. The fraction of sp³-hybridized carbons (Fsp3) is 0.628. The summed E-state index contributed by atoms with van der Waals surface area (Å²) in [7, 11) is 5.58. The van der Waals surface area contributed by atoms with Crippen LogP contribution in [0, 0.1) is 92.7 Å². The molecule has 16 saturated carbocycles. The zero-order valence-electron chi connectivity index (χ0n) is 71.3. The molecule has 0 spiro atoms. The summed E-state index contributed by atoms with van der Waals surface area (Å²) in [6.07, 6.45) is 32.9. The standard InChI is InChI=1S/C26H32N4O3S.C24H30N4O3.C23H27N3O3S.C21H28N4O4/c1-15-8-17(5-7-29(15)2)20-14-34-23(28-20)21-4-3-6-30(21)25(32)33-22-18-9-16-10-19(22)13-26(11-16,12-18)24(27)31;1-27-18-6-3-2-5-17(18)26-21(27)19-7-4-8-28(19)23(30)31-20-15-9-14-10-16(20)13-24(11-14,12-15)22(25)29;24-21(27)23-10-13-8-14(11-23)19(15(9-13)12-23)29-22(28)26-7-3-5-17(26)20-25-16-4-1-2-6-18(16)30-20;1-28-16-9-23-18(24-10-16)13-2-3-25(11-13)20(27)29-17-14-4-12-5-15(17)8-21(6-12,7-14)19(22)26/h5,7-8,14,16,18-19,21-22H,1,3-4,6,9-13H2,2H3,(H2,27,31);2-3,5-6,14-16,19-20H,4,7-13H2,1H3,(H2,25,29);1-2,4,6,13-15,17,19H,3,5,7-12H2,(H2,24,27);9-10,12-15,17H,2-8,11H2,1H3,(H2,22,26)/t16?,18?,19?,21-,22?,26?;;;/m1.../s1. The lowest BCUT2D eigenvalue weighted by molar-refractivity contribution is -0.162. The Labute approximate surface area is 730 Å². The number of likely N-dealkylation sites (N-methyl/N-ethyl adjacent to an activating group) is 1. The average Bonchev–Trinajstić information content (AvgIpc) is 0.817. The lowest BCUT2D eigenvalue weighted by Crippen LogP contribution is -2.59. The Morgan fingerprint density at radius 1 is 0.484 bits per heavy atom. The van der Waals surface area contributed by atoms with Gasteiger partial charge in [-0.25, -0.2) is 44.1 Å². The van der Waals surface area contributed by atoms with Crippen LogP contribution in [0.25, 0.3) is 26.8 Å². The van der Waals surface area contributed by atoms with Gasteiger partial charge in [0.05, 0.1) is 86.2 Å². The number of ether oxygens (including phenoxy) is 5. The summed E-state index contributed by atoms with van der Waals surface area (Å²) < 4.78 is 33.0. The van der Waals surface area contributed by atoms with E-state index in [1.807, 2.05) is 88.4 Å². The van der Waals surface area contributed by atoms with Gasteiger partial charge in [0.25, 0.3) is 0 Å². The number of aromatic nitrogens is 6. The smallest absolute Gasteiger partial charge is 0.410 e. The Morgan fingerprint density at radius 3 is 1.34 bits per heavy atom. The molecule has 12 atom stereocenters. The first-order valence-electron chi connectivity index (χ1n) is 45.7. The van der Waals surface area contributed by atoms with E-state index in [9.17, 15) is 38.4 Å². The molecular weight excluding hydrogens is 1610 g/mol. The van der Waals surface area contributed by atoms with Crippen LogP contribution in [0.4, 0.5) is 19.2 Å². The second-order valence-corrected chi connectivity index (χ2v) is 42.4. The molecule has 658 valence electrons. The molecule has 8 N–H and O–H groups in total. The van der Waals surface area contributed by atoms with E-state index in [1.54, 1.807) is 47.1 Å². The average molecular weight is 1730 g/mol. The van der Waals surface area contributed by atoms with E-state index in [4.69, 9.17) is 61.6 Å². The number of nitrogens with two attached hydrogens (primary N) is 4. The van der Waals surface area contributed by atoms with Gasteiger partial charge in [-0.05, 0) is 281 Å². The third-order valence-electron chi connectivity index (χ3n) is 33.0. The van der Waals surface area contributed by atoms with E-state index < -0.39 is 0 Å². The number of primary amides is 4. The van der Waals surface area contributed by atoms with Gasteiger partial charge in [-0.3, -0.25) is 33.9 Å². The van der Waals surface area contributed by atoms with Crippen molar-refractivity contribution in [2.75, 3.05) is 46.9 Å². The highest BCUT2D eigenvalue weighted by Crippen LogP contribution is 2.65. The SMILES string of the molecule is C=C1C=C(c2csc([C@H]3CCCN3C(=O)OC3C4CC5CC3CC(C(N)=O)(C5)C4)n2)C=CN1C.COc1cnc(C2CCN(C(=O)OC3C4CC5CC3CC(C(N)=O)(C5)C4)C2)nc1.Cn1c(C2CCCN2C(=O)OC2C3CC4CC2CC(C(N)=O)(C4)C3)nc2ccccc21.NC(=O)C12CC3CC(C1)C(OC(=O)N1CCCC1c1nc4ccccc4s1)C(C3)C2. The first-order chi connectivity index (χ1) is 59.8. The molecule has 16 bridgehead atoms. The molecule has 124 heavy (non-hydrogen) atoms. The Hall–Kier alpha value is -9.71. The summed E-state index contributed by atoms with van der Waals surface area (Å²) in [5.41, 5.74) is 27.6. The summed E-state index contributed by atoms with van der Waals surface area (Å²) in [5, 5.41) is 4.02. The maximum Gasteiger partial charge on any atom is 0.410 e. The highest BCUT2D eigenvalue weighted by molar-refractivity contribution is 7.18. The maximum atomic E-state index is 13.4. The molecule has 9 heterocycles. The number of imidazole rings is 1. The number of benzene rings is 2. The molecule has 2 aromatic carbocycles. The number of aryl methyl sites for hydroxylation is 1. The number of allylic oxidation sites excluding steroid dienone is 3. The number of methoxy groups -OCH3 is 1. The number of carbonyl (C=O) groups is 8. The van der Waals surface area contributed by atoms with Gasteiger partial charge in [0.1, 0.15) is 46.1 Å². The number of fused-ring (bicyclic) bond motifs is 2. The van der Waals surface area contributed by atoms with Gasteiger partial charge in [-0.15, -0.1) is 22.7 Å². The Balaban J connectivity index is 0.000000105. The maximum absolute atomic E-state index is 13.4. The van der Waals surface area contributed by atoms with Crippen molar-refractivity contribution in [2.45, 2.75) is 222 Å². The molecule has 11 unspecified atom stereocenters. The molecule has 21 aliphatic rings. The van der Waals surface area contributed by atoms with Gasteiger partial charge in [0.2, 0.25) is 23.6 Å². The summed E-state index contributed by atoms with van der Waals surface area (Å²) in [6.45, 7) is 7.40. The number of para-hydroxylation sites is 3. The lowest BCUT2D eigenvalue weighted by atomic mass is 9.48. The van der Waals surface area contributed by atoms with Crippen LogP contribution in [0.2, 0.25) is 0 Å². The van der Waals surface area contributed by atoms with E-state index in [0.29, 0.717) is 55.6 Å². The van der Waals surface area contributed by atoms with Crippen molar-refractivity contribution in [1.82, 2.24) is 54.0 Å². The fourth-order valence-electron chi connectivity index (χ4n) is 28.0. The topological polar surface area (TPSA) is 372 Å². The number of carbonyl (C=O) groups excluding carboxylic acids is 8. The number of nitrogens with zero attached hydrogens (tertiary/aromatic N) is 11. The first kappa shape index (κ1) is 82.6. The van der Waals surface area contributed by atoms with E-state index in [2.05, 4.69) is 38.6 Å². The summed E-state index contributed by atoms with van der Waals surface area (Å²) in [5.74, 6) is 6.11. The third kappa shape index (κ3) is 14.9. The Bertz CT molecular complexity index is 5180. The molecule has 4 aromatic heterocycles. The van der Waals surface area contributed by atoms with Crippen molar-refractivity contribution in [1.29, 1.82) is 0 Å². The van der Waals surface area contributed by atoms with E-state index in [-0.39, 0.29) is 165 Å². The Morgan fingerprint density at radius 2 is 0.903 bits per heavy atom. The molecule has 30 heteroatoms. The lowest BCUT2D eigenvalue weighted by Gasteiger charge is -2.58. The summed E-state index contributed by atoms with van der Waals surface area (Å²) >= 11 is 3.28. The number of hydrogen-bond acceptors (Lipinski definition) is 21. The van der Waals surface area contributed by atoms with Crippen LogP contribution < -0.4 is 27.7 Å². The second-order valence-electron chi connectivity index (χ2n) is 40.4. The van der Waals surface area contributed by atoms with Crippen molar-refractivity contribution < 1.29 is 62.0 Å². The van der Waals surface area contributed by atoms with Crippen molar-refractivity contribution in [3.05, 3.63) is 124 Å². The predicted molar refractivity (Wildman–Crippen MR) is 462 cm³/mol. The van der Waals surface area contributed by atoms with Crippen molar-refractivity contribution in [2.24, 2.45) is 123 Å². The minimum atomic E-state index is -0.366. The monoisotopic (exact) mass is 1730 g/mol. The highest BCUT2D eigenvalue weighted by atomic mass is 32.1. The quantitative estimate of drug-likeness (QED) is 0.0736.